The fourth-order valence-corrected chi connectivity index (χ4v) is 0.949. The summed E-state index contributed by atoms with van der Waals surface area (Å²) in [7, 11) is 0. The van der Waals surface area contributed by atoms with E-state index in [1.807, 2.05) is 0 Å². The van der Waals surface area contributed by atoms with Gasteiger partial charge in [0.05, 0.1) is 12.2 Å². The Morgan fingerprint density at radius 3 is 1.50 bits per heavy atom. The molecule has 0 rings (SSSR count). The number of rotatable bonds is 4. The van der Waals surface area contributed by atoms with Crippen molar-refractivity contribution in [3.8, 4) is 0 Å². The predicted molar refractivity (Wildman–Crippen MR) is 48.1 cm³/mol. The van der Waals surface area contributed by atoms with E-state index in [4.69, 9.17) is 10.2 Å². The third-order valence-electron chi connectivity index (χ3n) is 1.69. The van der Waals surface area contributed by atoms with Gasteiger partial charge in [0.15, 0.2) is 0 Å². The van der Waals surface area contributed by atoms with E-state index >= 15 is 0 Å². The molecule has 0 aromatic rings. The fraction of sp³-hybridized carbons (Fsp3) is 1.00. The van der Waals surface area contributed by atoms with E-state index < -0.39 is 29.7 Å². The molecule has 0 fully saturated rings. The minimum absolute atomic E-state index is 0.451. The smallest absolute Gasteiger partial charge is 0.109 e. The molecule has 5 heteroatoms. The normalized spacial score (nSPS) is 24.2. The fourth-order valence-electron chi connectivity index (χ4n) is 0.773. The summed E-state index contributed by atoms with van der Waals surface area (Å²) in [6.45, 7) is 2.93. The van der Waals surface area contributed by atoms with Gasteiger partial charge in [-0.25, -0.2) is 0 Å². The van der Waals surface area contributed by atoms with Crippen LogP contribution in [0.1, 0.15) is 13.8 Å². The summed E-state index contributed by atoms with van der Waals surface area (Å²) in [5, 5.41) is 36.0. The number of thiol groups is 1. The van der Waals surface area contributed by atoms with Crippen LogP contribution in [0.3, 0.4) is 0 Å². The summed E-state index contributed by atoms with van der Waals surface area (Å²) in [4.78, 5) is 0. The summed E-state index contributed by atoms with van der Waals surface area (Å²) >= 11 is 3.89. The Hall–Kier alpha value is 0.190. The molecule has 0 spiro atoms. The van der Waals surface area contributed by atoms with Gasteiger partial charge in [-0.15, -0.1) is 0 Å². The van der Waals surface area contributed by atoms with Crippen molar-refractivity contribution < 1.29 is 20.4 Å². The molecule has 5 atom stereocenters. The minimum Gasteiger partial charge on any atom is -0.391 e. The second kappa shape index (κ2) is 5.04. The lowest BCUT2D eigenvalue weighted by Crippen LogP contribution is -2.46. The molecule has 0 saturated heterocycles. The summed E-state index contributed by atoms with van der Waals surface area (Å²) in [6.07, 6.45) is -4.91. The van der Waals surface area contributed by atoms with Gasteiger partial charge in [0.2, 0.25) is 0 Å². The molecule has 0 aromatic heterocycles. The van der Waals surface area contributed by atoms with Crippen LogP contribution in [0.2, 0.25) is 0 Å². The molecule has 4 N–H and O–H groups in total. The first-order chi connectivity index (χ1) is 5.37. The Balaban J connectivity index is 4.08. The van der Waals surface area contributed by atoms with Gasteiger partial charge in [-0.3, -0.25) is 0 Å². The van der Waals surface area contributed by atoms with Gasteiger partial charge in [0.1, 0.15) is 12.2 Å². The molecule has 0 heterocycles. The molecule has 0 radical (unpaired) electrons. The van der Waals surface area contributed by atoms with Gasteiger partial charge in [-0.2, -0.15) is 12.6 Å². The Bertz CT molecular complexity index is 115. The first-order valence-electron chi connectivity index (χ1n) is 3.78. The van der Waals surface area contributed by atoms with E-state index in [0.717, 1.165) is 0 Å². The van der Waals surface area contributed by atoms with Crippen molar-refractivity contribution in [1.82, 2.24) is 0 Å². The van der Waals surface area contributed by atoms with Gasteiger partial charge in [-0.1, -0.05) is 6.92 Å². The summed E-state index contributed by atoms with van der Waals surface area (Å²) in [6, 6.07) is 0. The zero-order valence-electron chi connectivity index (χ0n) is 7.12. The molecule has 12 heavy (non-hydrogen) atoms. The third kappa shape index (κ3) is 3.28. The van der Waals surface area contributed by atoms with E-state index in [-0.39, 0.29) is 0 Å². The van der Waals surface area contributed by atoms with E-state index in [1.54, 1.807) is 6.92 Å². The number of hydrogen-bond acceptors (Lipinski definition) is 5. The molecule has 4 nitrogen and oxygen atoms in total. The molecule has 0 bridgehead atoms. The van der Waals surface area contributed by atoms with Gasteiger partial charge in [0, 0.05) is 5.25 Å². The zero-order valence-corrected chi connectivity index (χ0v) is 8.02. The molecule has 0 aliphatic carbocycles. The molecule has 0 amide bonds. The lowest BCUT2D eigenvalue weighted by molar-refractivity contribution is -0.0985. The van der Waals surface area contributed by atoms with Crippen molar-refractivity contribution in [2.45, 2.75) is 43.5 Å². The van der Waals surface area contributed by atoms with Crippen molar-refractivity contribution in [2.24, 2.45) is 0 Å². The Morgan fingerprint density at radius 2 is 1.25 bits per heavy atom. The topological polar surface area (TPSA) is 80.9 Å². The Morgan fingerprint density at radius 1 is 0.833 bits per heavy atom. The molecule has 74 valence electrons. The molecule has 0 aliphatic rings. The van der Waals surface area contributed by atoms with Crippen LogP contribution >= 0.6 is 12.6 Å². The van der Waals surface area contributed by atoms with Crippen LogP contribution in [0.4, 0.5) is 0 Å². The van der Waals surface area contributed by atoms with E-state index in [2.05, 4.69) is 12.6 Å². The monoisotopic (exact) mass is 196 g/mol. The van der Waals surface area contributed by atoms with Crippen LogP contribution in [0.15, 0.2) is 0 Å². The summed E-state index contributed by atoms with van der Waals surface area (Å²) < 4.78 is 0. The maximum Gasteiger partial charge on any atom is 0.109 e. The van der Waals surface area contributed by atoms with Crippen molar-refractivity contribution in [3.63, 3.8) is 0 Å². The van der Waals surface area contributed by atoms with Gasteiger partial charge in [-0.05, 0) is 6.92 Å². The molecule has 0 aromatic carbocycles. The maximum absolute atomic E-state index is 9.22. The third-order valence-corrected chi connectivity index (χ3v) is 1.99. The van der Waals surface area contributed by atoms with Crippen LogP contribution < -0.4 is 0 Å². The van der Waals surface area contributed by atoms with Crippen molar-refractivity contribution in [1.29, 1.82) is 0 Å². The highest BCUT2D eigenvalue weighted by Gasteiger charge is 2.29. The average molecular weight is 196 g/mol. The lowest BCUT2D eigenvalue weighted by atomic mass is 10.0. The van der Waals surface area contributed by atoms with Gasteiger partial charge < -0.3 is 20.4 Å². The highest BCUT2D eigenvalue weighted by Crippen LogP contribution is 2.11. The van der Waals surface area contributed by atoms with Gasteiger partial charge in [0.25, 0.3) is 0 Å². The number of hydrogen-bond donors (Lipinski definition) is 5. The van der Waals surface area contributed by atoms with Crippen LogP contribution in [0.5, 0.6) is 0 Å². The highest BCUT2D eigenvalue weighted by molar-refractivity contribution is 7.81. The molecule has 0 saturated carbocycles. The first-order valence-corrected chi connectivity index (χ1v) is 4.30. The van der Waals surface area contributed by atoms with Gasteiger partial charge >= 0.3 is 0 Å². The summed E-state index contributed by atoms with van der Waals surface area (Å²) in [5.74, 6) is 0. The summed E-state index contributed by atoms with van der Waals surface area (Å²) in [5.41, 5.74) is 0. The van der Waals surface area contributed by atoms with E-state index in [9.17, 15) is 10.2 Å². The van der Waals surface area contributed by atoms with Crippen molar-refractivity contribution >= 4 is 12.6 Å². The van der Waals surface area contributed by atoms with E-state index in [0.29, 0.717) is 0 Å². The van der Waals surface area contributed by atoms with Crippen LogP contribution in [0, 0.1) is 0 Å². The van der Waals surface area contributed by atoms with Crippen LogP contribution in [-0.4, -0.2) is 50.1 Å². The second-order valence-corrected chi connectivity index (χ2v) is 3.77. The number of aliphatic hydroxyl groups excluding tert-OH is 4. The molecule has 5 unspecified atom stereocenters. The quantitative estimate of drug-likeness (QED) is 0.365. The van der Waals surface area contributed by atoms with Crippen molar-refractivity contribution in [2.75, 3.05) is 0 Å². The zero-order chi connectivity index (χ0) is 9.89. The highest BCUT2D eigenvalue weighted by atomic mass is 32.1. The van der Waals surface area contributed by atoms with Crippen LogP contribution in [0.25, 0.3) is 0 Å². The Kier molecular flexibility index (Phi) is 5.12. The molecule has 0 aliphatic heterocycles. The maximum atomic E-state index is 9.22. The lowest BCUT2D eigenvalue weighted by Gasteiger charge is -2.26. The average Bonchev–Trinajstić information content (AvgIpc) is 2.00. The van der Waals surface area contributed by atoms with Crippen LogP contribution in [-0.2, 0) is 0 Å². The predicted octanol–water partition coefficient (Wildman–Crippen LogP) is -1.23. The van der Waals surface area contributed by atoms with Crippen molar-refractivity contribution in [3.05, 3.63) is 0 Å². The SMILES string of the molecule is CC(O)C(O)C(O)C(O)C(C)S. The number of aliphatic hydroxyl groups is 4. The molecular weight excluding hydrogens is 180 g/mol. The largest absolute Gasteiger partial charge is 0.391 e. The minimum atomic E-state index is -1.36. The second-order valence-electron chi connectivity index (χ2n) is 2.95. The Labute approximate surface area is 77.3 Å². The first kappa shape index (κ1) is 12.2. The standard InChI is InChI=1S/C7H16O4S/c1-3(8)5(9)7(11)6(10)4(2)12/h3-12H,1-2H3. The van der Waals surface area contributed by atoms with E-state index in [1.165, 1.54) is 6.92 Å². The molecular formula is C7H16O4S.